The van der Waals surface area contributed by atoms with Gasteiger partial charge in [0.15, 0.2) is 0 Å². The van der Waals surface area contributed by atoms with Crippen LogP contribution >= 0.6 is 0 Å². The Balaban J connectivity index is 2.06. The van der Waals surface area contributed by atoms with Crippen molar-refractivity contribution in [1.29, 1.82) is 0 Å². The first-order chi connectivity index (χ1) is 14.0. The molecule has 1 aliphatic rings. The first kappa shape index (κ1) is 24.1. The van der Waals surface area contributed by atoms with E-state index >= 15 is 0 Å². The molecule has 0 amide bonds. The molecule has 166 valence electrons. The van der Waals surface area contributed by atoms with Gasteiger partial charge in [-0.15, -0.1) is 0 Å². The van der Waals surface area contributed by atoms with Crippen molar-refractivity contribution in [3.8, 4) is 11.5 Å². The molecule has 0 saturated heterocycles. The summed E-state index contributed by atoms with van der Waals surface area (Å²) in [7, 11) is 0. The number of aromatic hydroxyl groups is 1. The zero-order valence-electron chi connectivity index (χ0n) is 19.6. The highest BCUT2D eigenvalue weighted by molar-refractivity contribution is 5.58. The molecule has 1 N–H and O–H groups in total. The fourth-order valence-corrected chi connectivity index (χ4v) is 4.44. The summed E-state index contributed by atoms with van der Waals surface area (Å²) in [5.41, 5.74) is 4.01. The van der Waals surface area contributed by atoms with E-state index in [1.807, 2.05) is 13.8 Å². The molecule has 1 aliphatic heterocycles. The van der Waals surface area contributed by atoms with Gasteiger partial charge in [-0.25, -0.2) is 0 Å². The third-order valence-electron chi connectivity index (χ3n) is 6.51. The molecule has 2 atom stereocenters. The van der Waals surface area contributed by atoms with Crippen molar-refractivity contribution in [3.63, 3.8) is 0 Å². The highest BCUT2D eigenvalue weighted by atomic mass is 16.7. The second-order valence-electron chi connectivity index (χ2n) is 8.90. The van der Waals surface area contributed by atoms with E-state index in [9.17, 15) is 5.11 Å². The molecular weight excluding hydrogens is 360 g/mol. The zero-order chi connectivity index (χ0) is 21.2. The van der Waals surface area contributed by atoms with E-state index < -0.39 is 0 Å². The SMILES string of the molecule is CCCCCCCCC1Oc2c(C)c(C)c(O)c(C)c2C(CCCCCCC)O1. The van der Waals surface area contributed by atoms with Crippen molar-refractivity contribution in [3.05, 3.63) is 22.3 Å². The Morgan fingerprint density at radius 2 is 1.24 bits per heavy atom. The minimum absolute atomic E-state index is 0.0377. The second kappa shape index (κ2) is 12.5. The summed E-state index contributed by atoms with van der Waals surface area (Å²) >= 11 is 0. The van der Waals surface area contributed by atoms with Gasteiger partial charge in [-0.2, -0.15) is 0 Å². The summed E-state index contributed by atoms with van der Waals surface area (Å²) in [5, 5.41) is 10.6. The van der Waals surface area contributed by atoms with Crippen LogP contribution < -0.4 is 4.74 Å². The predicted molar refractivity (Wildman–Crippen MR) is 122 cm³/mol. The third-order valence-corrected chi connectivity index (χ3v) is 6.51. The third kappa shape index (κ3) is 6.64. The van der Waals surface area contributed by atoms with Crippen molar-refractivity contribution < 1.29 is 14.6 Å². The van der Waals surface area contributed by atoms with E-state index in [1.165, 1.54) is 64.2 Å². The van der Waals surface area contributed by atoms with Gasteiger partial charge >= 0.3 is 0 Å². The van der Waals surface area contributed by atoms with Crippen LogP contribution in [0.1, 0.15) is 126 Å². The van der Waals surface area contributed by atoms with Crippen molar-refractivity contribution in [2.45, 2.75) is 130 Å². The number of phenolic OH excluding ortho intramolecular Hbond substituents is 1. The molecule has 0 aliphatic carbocycles. The van der Waals surface area contributed by atoms with Crippen LogP contribution in [0.4, 0.5) is 0 Å². The van der Waals surface area contributed by atoms with Crippen molar-refractivity contribution in [2.75, 3.05) is 0 Å². The molecule has 0 fully saturated rings. The first-order valence-corrected chi connectivity index (χ1v) is 12.2. The van der Waals surface area contributed by atoms with E-state index in [4.69, 9.17) is 9.47 Å². The molecule has 0 aromatic heterocycles. The minimum Gasteiger partial charge on any atom is -0.507 e. The standard InChI is InChI=1S/C26H44O3/c1-6-8-10-12-14-16-18-23-28-22(17-15-13-11-9-7-2)24-21(5)25(27)19(3)20(4)26(24)29-23/h22-23,27H,6-18H2,1-5H3. The molecule has 0 radical (unpaired) electrons. The molecule has 2 rings (SSSR count). The monoisotopic (exact) mass is 404 g/mol. The van der Waals surface area contributed by atoms with E-state index in [2.05, 4.69) is 20.8 Å². The molecule has 3 heteroatoms. The number of ether oxygens (including phenoxy) is 2. The largest absolute Gasteiger partial charge is 0.507 e. The molecule has 2 unspecified atom stereocenters. The lowest BCUT2D eigenvalue weighted by Crippen LogP contribution is -2.30. The number of benzene rings is 1. The average Bonchev–Trinajstić information content (AvgIpc) is 2.72. The Labute approximate surface area is 179 Å². The molecule has 0 saturated carbocycles. The summed E-state index contributed by atoms with van der Waals surface area (Å²) in [6.07, 6.45) is 15.8. The highest BCUT2D eigenvalue weighted by Crippen LogP contribution is 2.46. The summed E-state index contributed by atoms with van der Waals surface area (Å²) in [6, 6.07) is 0. The lowest BCUT2D eigenvalue weighted by atomic mass is 9.91. The van der Waals surface area contributed by atoms with Gasteiger partial charge in [-0.3, -0.25) is 0 Å². The quantitative estimate of drug-likeness (QED) is 0.337. The average molecular weight is 405 g/mol. The maximum Gasteiger partial charge on any atom is 0.200 e. The van der Waals surface area contributed by atoms with Gasteiger partial charge in [0.2, 0.25) is 6.29 Å². The Hall–Kier alpha value is -1.22. The van der Waals surface area contributed by atoms with Crippen molar-refractivity contribution in [2.24, 2.45) is 0 Å². The van der Waals surface area contributed by atoms with Crippen molar-refractivity contribution in [1.82, 2.24) is 0 Å². The second-order valence-corrected chi connectivity index (χ2v) is 8.90. The van der Waals surface area contributed by atoms with Crippen LogP contribution in [0.25, 0.3) is 0 Å². The van der Waals surface area contributed by atoms with Gasteiger partial charge in [0.1, 0.15) is 11.5 Å². The molecular formula is C26H44O3. The fourth-order valence-electron chi connectivity index (χ4n) is 4.44. The van der Waals surface area contributed by atoms with Gasteiger partial charge < -0.3 is 14.6 Å². The maximum atomic E-state index is 10.6. The summed E-state index contributed by atoms with van der Waals surface area (Å²) in [5.74, 6) is 1.37. The number of unbranched alkanes of at least 4 members (excludes halogenated alkanes) is 9. The van der Waals surface area contributed by atoms with Crippen molar-refractivity contribution >= 4 is 0 Å². The van der Waals surface area contributed by atoms with E-state index in [-0.39, 0.29) is 12.4 Å². The Kier molecular flexibility index (Phi) is 10.3. The Bertz CT molecular complexity index is 623. The lowest BCUT2D eigenvalue weighted by Gasteiger charge is -2.36. The van der Waals surface area contributed by atoms with Gasteiger partial charge in [0.05, 0.1) is 6.10 Å². The van der Waals surface area contributed by atoms with Crippen LogP contribution in [0, 0.1) is 20.8 Å². The molecule has 1 aromatic carbocycles. The van der Waals surface area contributed by atoms with Crippen LogP contribution in [0.5, 0.6) is 11.5 Å². The van der Waals surface area contributed by atoms with E-state index in [0.717, 1.165) is 47.3 Å². The Morgan fingerprint density at radius 1 is 0.690 bits per heavy atom. The van der Waals surface area contributed by atoms with E-state index in [1.54, 1.807) is 0 Å². The maximum absolute atomic E-state index is 10.6. The van der Waals surface area contributed by atoms with Crippen LogP contribution in [0.15, 0.2) is 0 Å². The zero-order valence-corrected chi connectivity index (χ0v) is 19.6. The van der Waals surface area contributed by atoms with Gasteiger partial charge in [0.25, 0.3) is 0 Å². The number of hydrogen-bond donors (Lipinski definition) is 1. The van der Waals surface area contributed by atoms with Gasteiger partial charge in [-0.05, 0) is 44.7 Å². The highest BCUT2D eigenvalue weighted by Gasteiger charge is 2.33. The predicted octanol–water partition coefficient (Wildman–Crippen LogP) is 8.20. The number of fused-ring (bicyclic) bond motifs is 1. The van der Waals surface area contributed by atoms with E-state index in [0.29, 0.717) is 5.75 Å². The number of phenols is 1. The molecule has 0 spiro atoms. The molecule has 3 nitrogen and oxygen atoms in total. The smallest absolute Gasteiger partial charge is 0.200 e. The first-order valence-electron chi connectivity index (χ1n) is 12.2. The van der Waals surface area contributed by atoms with Crippen LogP contribution in [0.3, 0.4) is 0 Å². The molecule has 1 heterocycles. The summed E-state index contributed by atoms with van der Waals surface area (Å²) < 4.78 is 12.8. The lowest BCUT2D eigenvalue weighted by molar-refractivity contribution is -0.147. The van der Waals surface area contributed by atoms with Gasteiger partial charge in [0, 0.05) is 17.5 Å². The molecule has 29 heavy (non-hydrogen) atoms. The molecule has 0 bridgehead atoms. The number of rotatable bonds is 13. The van der Waals surface area contributed by atoms with Gasteiger partial charge in [-0.1, -0.05) is 78.1 Å². The van der Waals surface area contributed by atoms with Crippen LogP contribution in [-0.4, -0.2) is 11.4 Å². The summed E-state index contributed by atoms with van der Waals surface area (Å²) in [4.78, 5) is 0. The topological polar surface area (TPSA) is 38.7 Å². The Morgan fingerprint density at radius 3 is 1.86 bits per heavy atom. The normalized spacial score (nSPS) is 18.5. The van der Waals surface area contributed by atoms with Crippen LogP contribution in [-0.2, 0) is 4.74 Å². The number of hydrogen-bond acceptors (Lipinski definition) is 3. The molecule has 1 aromatic rings. The van der Waals surface area contributed by atoms with Crippen LogP contribution in [0.2, 0.25) is 0 Å². The fraction of sp³-hybridized carbons (Fsp3) is 0.769. The summed E-state index contributed by atoms with van der Waals surface area (Å²) in [6.45, 7) is 10.6. The minimum atomic E-state index is -0.156.